The second kappa shape index (κ2) is 14.6. The number of nitrogens with one attached hydrogen (secondary N) is 2. The maximum absolute atomic E-state index is 13.6. The van der Waals surface area contributed by atoms with Gasteiger partial charge in [0.05, 0.1) is 55.4 Å². The molecule has 2 heterocycles. The van der Waals surface area contributed by atoms with E-state index in [1.807, 2.05) is 53.2 Å². The molecule has 3 amide bonds. The van der Waals surface area contributed by atoms with E-state index >= 15 is 0 Å². The highest BCUT2D eigenvalue weighted by Crippen LogP contribution is 2.41. The lowest BCUT2D eigenvalue weighted by molar-refractivity contribution is -0.122. The SMILES string of the molecule is CC(C)(C)COC(C)(C)CCOC(C)(C)Cn1nnc2c1-c1ccccc1CN(C(=O)CCNC(=O)CNC=O)c1ccccc1-2. The number of nitrogens with zero attached hydrogens (tertiary/aromatic N) is 4. The largest absolute Gasteiger partial charge is 0.375 e. The summed E-state index contributed by atoms with van der Waals surface area (Å²) in [5.41, 5.74) is 4.19. The average Bonchev–Trinajstić information content (AvgIpc) is 3.38. The molecule has 0 saturated carbocycles. The van der Waals surface area contributed by atoms with Gasteiger partial charge in [-0.05, 0) is 51.2 Å². The van der Waals surface area contributed by atoms with Crippen molar-refractivity contribution in [2.24, 2.45) is 5.41 Å². The first-order chi connectivity index (χ1) is 21.7. The Kier molecular flexibility index (Phi) is 11.0. The highest BCUT2D eigenvalue weighted by Gasteiger charge is 2.31. The Bertz CT molecular complexity index is 1520. The van der Waals surface area contributed by atoms with Crippen molar-refractivity contribution in [1.82, 2.24) is 25.6 Å². The number of amides is 3. The lowest BCUT2D eigenvalue weighted by Gasteiger charge is -2.32. The Morgan fingerprint density at radius 1 is 0.935 bits per heavy atom. The van der Waals surface area contributed by atoms with Gasteiger partial charge in [0.25, 0.3) is 0 Å². The number of rotatable bonds is 14. The zero-order chi connectivity index (χ0) is 33.5. The molecular weight excluding hydrogens is 584 g/mol. The Labute approximate surface area is 272 Å². The van der Waals surface area contributed by atoms with Crippen LogP contribution in [0, 0.1) is 5.41 Å². The van der Waals surface area contributed by atoms with Crippen molar-refractivity contribution in [2.45, 2.75) is 85.6 Å². The minimum atomic E-state index is -0.550. The van der Waals surface area contributed by atoms with Gasteiger partial charge in [-0.3, -0.25) is 14.4 Å². The minimum Gasteiger partial charge on any atom is -0.375 e. The normalized spacial score (nSPS) is 13.2. The molecule has 0 bridgehead atoms. The standard InChI is InChI=1S/C35H48N6O5/c1-33(2,3)23-46-34(4,5)17-19-45-35(6,7)22-41-32-26-13-9-8-12-25(26)21-40(30(44)16-18-37-29(43)20-36-24-42)28-15-11-10-14-27(28)31(32)38-39-41/h8-15,24H,16-23H2,1-7H3,(H,36,42)(H,37,43). The van der Waals surface area contributed by atoms with Crippen molar-refractivity contribution in [1.29, 1.82) is 0 Å². The van der Waals surface area contributed by atoms with Crippen LogP contribution in [0.3, 0.4) is 0 Å². The van der Waals surface area contributed by atoms with Crippen molar-refractivity contribution in [3.05, 3.63) is 54.1 Å². The highest BCUT2D eigenvalue weighted by molar-refractivity contribution is 6.00. The van der Waals surface area contributed by atoms with Gasteiger partial charge in [-0.25, -0.2) is 4.68 Å². The summed E-state index contributed by atoms with van der Waals surface area (Å²) in [7, 11) is 0. The van der Waals surface area contributed by atoms with Gasteiger partial charge < -0.3 is 25.0 Å². The maximum atomic E-state index is 13.6. The Balaban J connectivity index is 1.57. The molecule has 2 N–H and O–H groups in total. The lowest BCUT2D eigenvalue weighted by atomic mass is 9.95. The first kappa shape index (κ1) is 34.8. The summed E-state index contributed by atoms with van der Waals surface area (Å²) in [5, 5.41) is 14.3. The molecule has 1 aliphatic rings. The van der Waals surface area contributed by atoms with Crippen LogP contribution in [0.5, 0.6) is 0 Å². The molecule has 11 nitrogen and oxygen atoms in total. The van der Waals surface area contributed by atoms with E-state index in [0.717, 1.165) is 34.5 Å². The summed E-state index contributed by atoms with van der Waals surface area (Å²) in [6.07, 6.45) is 1.30. The van der Waals surface area contributed by atoms with Gasteiger partial charge in [0, 0.05) is 24.1 Å². The zero-order valence-electron chi connectivity index (χ0n) is 28.2. The van der Waals surface area contributed by atoms with Crippen LogP contribution in [0.4, 0.5) is 5.69 Å². The first-order valence-corrected chi connectivity index (χ1v) is 15.8. The molecule has 0 saturated heterocycles. The van der Waals surface area contributed by atoms with Crippen LogP contribution in [0.25, 0.3) is 22.5 Å². The molecule has 2 aromatic carbocycles. The second-order valence-electron chi connectivity index (χ2n) is 14.2. The number of hydrogen-bond acceptors (Lipinski definition) is 7. The van der Waals surface area contributed by atoms with Gasteiger partial charge in [-0.15, -0.1) is 5.10 Å². The lowest BCUT2D eigenvalue weighted by Crippen LogP contribution is -2.37. The van der Waals surface area contributed by atoms with E-state index in [-0.39, 0.29) is 42.3 Å². The number of hydrogen-bond donors (Lipinski definition) is 2. The van der Waals surface area contributed by atoms with Gasteiger partial charge >= 0.3 is 0 Å². The van der Waals surface area contributed by atoms with E-state index in [0.29, 0.717) is 38.4 Å². The van der Waals surface area contributed by atoms with Crippen LogP contribution in [0.1, 0.15) is 66.9 Å². The van der Waals surface area contributed by atoms with Crippen LogP contribution in [-0.2, 0) is 36.9 Å². The van der Waals surface area contributed by atoms with Crippen molar-refractivity contribution in [2.75, 3.05) is 31.2 Å². The Morgan fingerprint density at radius 2 is 1.63 bits per heavy atom. The molecule has 0 fully saturated rings. The van der Waals surface area contributed by atoms with E-state index in [1.165, 1.54) is 0 Å². The van der Waals surface area contributed by atoms with E-state index < -0.39 is 5.60 Å². The predicted octanol–water partition coefficient (Wildman–Crippen LogP) is 4.74. The molecule has 248 valence electrons. The van der Waals surface area contributed by atoms with Gasteiger partial charge in [0.15, 0.2) is 0 Å². The fraction of sp³-hybridized carbons (Fsp3) is 0.514. The number of para-hydroxylation sites is 1. The highest BCUT2D eigenvalue weighted by atomic mass is 16.5. The van der Waals surface area contributed by atoms with Crippen LogP contribution < -0.4 is 15.5 Å². The van der Waals surface area contributed by atoms with Gasteiger partial charge in [0.1, 0.15) is 5.69 Å². The Hall–Kier alpha value is -4.09. The van der Waals surface area contributed by atoms with Gasteiger partial charge in [-0.1, -0.05) is 68.4 Å². The fourth-order valence-electron chi connectivity index (χ4n) is 5.25. The average molecular weight is 633 g/mol. The molecule has 1 aromatic heterocycles. The third-order valence-corrected chi connectivity index (χ3v) is 7.72. The predicted molar refractivity (Wildman–Crippen MR) is 178 cm³/mol. The molecule has 3 aromatic rings. The number of ether oxygens (including phenoxy) is 2. The summed E-state index contributed by atoms with van der Waals surface area (Å²) in [6, 6.07) is 15.7. The number of carbonyl (C=O) groups excluding carboxylic acids is 3. The quantitative estimate of drug-likeness (QED) is 0.246. The van der Waals surface area contributed by atoms with E-state index in [9.17, 15) is 14.4 Å². The molecule has 0 spiro atoms. The summed E-state index contributed by atoms with van der Waals surface area (Å²) < 4.78 is 14.5. The van der Waals surface area contributed by atoms with E-state index in [2.05, 4.69) is 69.4 Å². The molecule has 4 rings (SSSR count). The van der Waals surface area contributed by atoms with Gasteiger partial charge in [-0.2, -0.15) is 0 Å². The van der Waals surface area contributed by atoms with Crippen LogP contribution in [-0.4, -0.2) is 70.7 Å². The van der Waals surface area contributed by atoms with E-state index in [1.54, 1.807) is 4.90 Å². The Morgan fingerprint density at radius 3 is 2.35 bits per heavy atom. The van der Waals surface area contributed by atoms with Crippen molar-refractivity contribution < 1.29 is 23.9 Å². The molecule has 0 atom stereocenters. The summed E-state index contributed by atoms with van der Waals surface area (Å²) in [6.45, 7) is 16.8. The van der Waals surface area contributed by atoms with Crippen molar-refractivity contribution >= 4 is 23.9 Å². The minimum absolute atomic E-state index is 0.0897. The van der Waals surface area contributed by atoms with Crippen molar-refractivity contribution in [3.63, 3.8) is 0 Å². The maximum Gasteiger partial charge on any atom is 0.239 e. The van der Waals surface area contributed by atoms with Crippen LogP contribution in [0.2, 0.25) is 0 Å². The molecule has 0 aliphatic carbocycles. The van der Waals surface area contributed by atoms with Crippen molar-refractivity contribution in [3.8, 4) is 22.5 Å². The third kappa shape index (κ3) is 9.23. The number of benzene rings is 2. The fourth-order valence-corrected chi connectivity index (χ4v) is 5.25. The summed E-state index contributed by atoms with van der Waals surface area (Å²) in [5.74, 6) is -0.505. The number of aromatic nitrogens is 3. The topological polar surface area (TPSA) is 128 Å². The molecule has 0 unspecified atom stereocenters. The molecule has 11 heteroatoms. The first-order valence-electron chi connectivity index (χ1n) is 15.8. The number of fused-ring (bicyclic) bond motifs is 5. The monoisotopic (exact) mass is 632 g/mol. The van der Waals surface area contributed by atoms with Gasteiger partial charge in [0.2, 0.25) is 18.2 Å². The van der Waals surface area contributed by atoms with Crippen LogP contribution in [0.15, 0.2) is 48.5 Å². The third-order valence-electron chi connectivity index (χ3n) is 7.72. The zero-order valence-corrected chi connectivity index (χ0v) is 28.2. The molecule has 46 heavy (non-hydrogen) atoms. The number of carbonyl (C=O) groups is 3. The smallest absolute Gasteiger partial charge is 0.239 e. The van der Waals surface area contributed by atoms with Crippen LogP contribution >= 0.6 is 0 Å². The molecule has 1 aliphatic heterocycles. The summed E-state index contributed by atoms with van der Waals surface area (Å²) >= 11 is 0. The van der Waals surface area contributed by atoms with E-state index in [4.69, 9.17) is 9.47 Å². The molecular formula is C35H48N6O5. The summed E-state index contributed by atoms with van der Waals surface area (Å²) in [4.78, 5) is 37.8. The second-order valence-corrected chi connectivity index (χ2v) is 14.2. The molecule has 0 radical (unpaired) electrons. The number of anilines is 1.